The summed E-state index contributed by atoms with van der Waals surface area (Å²) in [6, 6.07) is 0.148. The quantitative estimate of drug-likeness (QED) is 0.412. The molecular weight excluding hydrogens is 115 g/mol. The van der Waals surface area contributed by atoms with Crippen LogP contribution in [0.15, 0.2) is 0 Å². The van der Waals surface area contributed by atoms with Gasteiger partial charge >= 0.3 is 0 Å². The van der Waals surface area contributed by atoms with Gasteiger partial charge in [0.25, 0.3) is 0 Å². The number of hydrogen-bond donors (Lipinski definition) is 2. The molecule has 3 nitrogen and oxygen atoms in total. The summed E-state index contributed by atoms with van der Waals surface area (Å²) in [5.74, 6) is 0. The van der Waals surface area contributed by atoms with Crippen molar-refractivity contribution in [3.63, 3.8) is 0 Å². The van der Waals surface area contributed by atoms with E-state index in [-0.39, 0.29) is 12.1 Å². The number of nitrogens with zero attached hydrogens (tertiary/aromatic N) is 1. The number of likely N-dealkylation sites (N-methyl/N-ethyl adjacent to an activating group) is 1. The van der Waals surface area contributed by atoms with Crippen molar-refractivity contribution in [3.8, 4) is 0 Å². The first-order chi connectivity index (χ1) is 4.24. The Morgan fingerprint density at radius 1 is 1.67 bits per heavy atom. The maximum atomic E-state index is 9.18. The first kappa shape index (κ1) is 7.06. The van der Waals surface area contributed by atoms with Gasteiger partial charge in [0.1, 0.15) is 0 Å². The van der Waals surface area contributed by atoms with Gasteiger partial charge in [-0.1, -0.05) is 0 Å². The standard InChI is InChI=1S/C5H11BN2O/c1-7-4-2-8(6)3-5(4)9/h4-5,7,9H,2-3H2,1H3/t4-,5-/m0/s1. The predicted octanol–water partition coefficient (Wildman–Crippen LogP) is -1.67. The molecule has 0 aromatic heterocycles. The Morgan fingerprint density at radius 2 is 2.33 bits per heavy atom. The van der Waals surface area contributed by atoms with Crippen LogP contribution in [-0.2, 0) is 0 Å². The van der Waals surface area contributed by atoms with E-state index < -0.39 is 0 Å². The molecule has 9 heavy (non-hydrogen) atoms. The molecule has 0 aliphatic carbocycles. The fourth-order valence-electron chi connectivity index (χ4n) is 1.10. The second-order valence-corrected chi connectivity index (χ2v) is 2.42. The molecular formula is C5H11BN2O. The topological polar surface area (TPSA) is 35.5 Å². The van der Waals surface area contributed by atoms with E-state index in [1.165, 1.54) is 0 Å². The number of aliphatic hydroxyl groups is 1. The second kappa shape index (κ2) is 2.69. The van der Waals surface area contributed by atoms with E-state index in [2.05, 4.69) is 5.32 Å². The van der Waals surface area contributed by atoms with Gasteiger partial charge in [-0.3, -0.25) is 0 Å². The summed E-state index contributed by atoms with van der Waals surface area (Å²) in [5.41, 5.74) is 0. The highest BCUT2D eigenvalue weighted by molar-refractivity contribution is 6.04. The van der Waals surface area contributed by atoms with E-state index in [0.717, 1.165) is 6.54 Å². The highest BCUT2D eigenvalue weighted by Crippen LogP contribution is 2.05. The van der Waals surface area contributed by atoms with Gasteiger partial charge in [-0.15, -0.1) is 0 Å². The lowest BCUT2D eigenvalue weighted by atomic mass is 10.2. The van der Waals surface area contributed by atoms with Crippen molar-refractivity contribution in [3.05, 3.63) is 0 Å². The molecule has 4 heteroatoms. The van der Waals surface area contributed by atoms with Crippen LogP contribution in [-0.4, -0.2) is 50.2 Å². The summed E-state index contributed by atoms with van der Waals surface area (Å²) in [7, 11) is 7.25. The molecule has 1 saturated heterocycles. The van der Waals surface area contributed by atoms with E-state index >= 15 is 0 Å². The summed E-state index contributed by atoms with van der Waals surface area (Å²) < 4.78 is 0. The van der Waals surface area contributed by atoms with Crippen molar-refractivity contribution in [2.24, 2.45) is 0 Å². The molecule has 1 rings (SSSR count). The van der Waals surface area contributed by atoms with E-state index in [0.29, 0.717) is 6.54 Å². The molecule has 0 saturated carbocycles. The minimum Gasteiger partial charge on any atom is -0.390 e. The molecule has 2 atom stereocenters. The van der Waals surface area contributed by atoms with Crippen LogP contribution < -0.4 is 5.32 Å². The summed E-state index contributed by atoms with van der Waals surface area (Å²) in [5, 5.41) is 12.1. The van der Waals surface area contributed by atoms with Crippen LogP contribution >= 0.6 is 0 Å². The molecule has 1 heterocycles. The van der Waals surface area contributed by atoms with Crippen LogP contribution in [0, 0.1) is 0 Å². The average molecular weight is 126 g/mol. The van der Waals surface area contributed by atoms with Crippen LogP contribution in [0.1, 0.15) is 0 Å². The Bertz CT molecular complexity index is 101. The highest BCUT2D eigenvalue weighted by atomic mass is 16.3. The molecule has 0 unspecified atom stereocenters. The fraction of sp³-hybridized carbons (Fsp3) is 1.00. The van der Waals surface area contributed by atoms with Gasteiger partial charge in [0, 0.05) is 19.1 Å². The summed E-state index contributed by atoms with van der Waals surface area (Å²) in [6.45, 7) is 1.31. The van der Waals surface area contributed by atoms with Crippen molar-refractivity contribution < 1.29 is 5.11 Å². The normalized spacial score (nSPS) is 37.6. The Morgan fingerprint density at radius 3 is 2.56 bits per heavy atom. The largest absolute Gasteiger partial charge is 0.390 e. The molecule has 0 spiro atoms. The maximum absolute atomic E-state index is 9.18. The monoisotopic (exact) mass is 126 g/mol. The molecule has 50 valence electrons. The Labute approximate surface area is 56.5 Å². The molecule has 1 fully saturated rings. The fourth-order valence-corrected chi connectivity index (χ4v) is 1.10. The van der Waals surface area contributed by atoms with E-state index in [9.17, 15) is 5.11 Å². The van der Waals surface area contributed by atoms with Crippen molar-refractivity contribution in [1.82, 2.24) is 10.1 Å². The van der Waals surface area contributed by atoms with Crippen LogP contribution in [0.4, 0.5) is 0 Å². The zero-order valence-electron chi connectivity index (χ0n) is 5.54. The zero-order chi connectivity index (χ0) is 6.85. The van der Waals surface area contributed by atoms with Gasteiger partial charge < -0.3 is 15.2 Å². The molecule has 0 bridgehead atoms. The van der Waals surface area contributed by atoms with Crippen LogP contribution in [0.5, 0.6) is 0 Å². The molecule has 1 aliphatic rings. The van der Waals surface area contributed by atoms with Crippen LogP contribution in [0.3, 0.4) is 0 Å². The van der Waals surface area contributed by atoms with Gasteiger partial charge in [0.2, 0.25) is 0 Å². The first-order valence-electron chi connectivity index (χ1n) is 3.09. The number of rotatable bonds is 1. The number of hydrogen-bond acceptors (Lipinski definition) is 3. The summed E-state index contributed by atoms with van der Waals surface area (Å²) in [6.07, 6.45) is -0.306. The smallest absolute Gasteiger partial charge is 0.182 e. The van der Waals surface area contributed by atoms with Crippen LogP contribution in [0.2, 0.25) is 0 Å². The summed E-state index contributed by atoms with van der Waals surface area (Å²) >= 11 is 0. The van der Waals surface area contributed by atoms with E-state index in [1.54, 1.807) is 4.81 Å². The van der Waals surface area contributed by atoms with Crippen molar-refractivity contribution in [2.75, 3.05) is 20.1 Å². The molecule has 0 aromatic carbocycles. The zero-order valence-corrected chi connectivity index (χ0v) is 5.54. The van der Waals surface area contributed by atoms with Gasteiger partial charge in [0.15, 0.2) is 7.98 Å². The van der Waals surface area contributed by atoms with E-state index in [1.807, 2.05) is 7.05 Å². The van der Waals surface area contributed by atoms with Crippen molar-refractivity contribution >= 4 is 7.98 Å². The molecule has 0 aromatic rings. The Kier molecular flexibility index (Phi) is 2.11. The SMILES string of the molecule is [B]N1C[C@H](NC)[C@@H](O)C1. The van der Waals surface area contributed by atoms with Gasteiger partial charge in [-0.25, -0.2) is 0 Å². The predicted molar refractivity (Wildman–Crippen MR) is 36.2 cm³/mol. The van der Waals surface area contributed by atoms with Gasteiger partial charge in [-0.2, -0.15) is 0 Å². The molecule has 2 radical (unpaired) electrons. The second-order valence-electron chi connectivity index (χ2n) is 2.42. The maximum Gasteiger partial charge on any atom is 0.182 e. The average Bonchev–Trinajstić information content (AvgIpc) is 2.10. The number of β-amino-alcohol motifs (C(OH)–C–C–N with tert-alkyl or cyclic N) is 1. The number of nitrogens with one attached hydrogen (secondary N) is 1. The van der Waals surface area contributed by atoms with Gasteiger partial charge in [0.05, 0.1) is 6.10 Å². The minimum absolute atomic E-state index is 0.148. The van der Waals surface area contributed by atoms with Crippen molar-refractivity contribution in [1.29, 1.82) is 0 Å². The molecule has 0 amide bonds. The third-order valence-electron chi connectivity index (χ3n) is 1.69. The number of aliphatic hydroxyl groups excluding tert-OH is 1. The molecule has 2 N–H and O–H groups in total. The van der Waals surface area contributed by atoms with E-state index in [4.69, 9.17) is 7.98 Å². The third kappa shape index (κ3) is 1.44. The summed E-state index contributed by atoms with van der Waals surface area (Å²) in [4.78, 5) is 1.62. The van der Waals surface area contributed by atoms with Gasteiger partial charge in [-0.05, 0) is 7.05 Å². The first-order valence-corrected chi connectivity index (χ1v) is 3.09. The highest BCUT2D eigenvalue weighted by Gasteiger charge is 2.26. The van der Waals surface area contributed by atoms with Crippen LogP contribution in [0.25, 0.3) is 0 Å². The van der Waals surface area contributed by atoms with Crippen molar-refractivity contribution in [2.45, 2.75) is 12.1 Å². The third-order valence-corrected chi connectivity index (χ3v) is 1.69. The molecule has 1 aliphatic heterocycles. The lowest BCUT2D eigenvalue weighted by molar-refractivity contribution is 0.164. The lowest BCUT2D eigenvalue weighted by Crippen LogP contribution is -2.36. The lowest BCUT2D eigenvalue weighted by Gasteiger charge is -2.10. The Balaban J connectivity index is 2.38. The Hall–Kier alpha value is -0.0551. The minimum atomic E-state index is -0.306.